The second kappa shape index (κ2) is 8.46. The standard InChI is InChI=1S/C23H24ClNO4/c1-2-28-23(27)16-10-11-29-21-13-18(19(24)12-17(16)21)22(26)25-20-9-8-15(20)14-6-4-3-5-7-14/h3-7,12-13,15-16,20H,2,8-11H2,1H3,(H,25,26). The number of amides is 1. The molecule has 0 spiro atoms. The van der Waals surface area contributed by atoms with Gasteiger partial charge < -0.3 is 14.8 Å². The van der Waals surface area contributed by atoms with Gasteiger partial charge in [-0.3, -0.25) is 9.59 Å². The minimum atomic E-state index is -0.414. The molecule has 1 fully saturated rings. The number of carbonyl (C=O) groups excluding carboxylic acids is 2. The summed E-state index contributed by atoms with van der Waals surface area (Å²) in [4.78, 5) is 25.2. The molecule has 0 saturated heterocycles. The molecule has 0 radical (unpaired) electrons. The zero-order valence-corrected chi connectivity index (χ0v) is 17.1. The summed E-state index contributed by atoms with van der Waals surface area (Å²) < 4.78 is 10.9. The van der Waals surface area contributed by atoms with Crippen molar-refractivity contribution in [2.75, 3.05) is 13.2 Å². The number of halogens is 1. The highest BCUT2D eigenvalue weighted by Crippen LogP contribution is 2.39. The van der Waals surface area contributed by atoms with E-state index in [-0.39, 0.29) is 17.9 Å². The molecule has 0 aromatic heterocycles. The average Bonchev–Trinajstić information content (AvgIpc) is 2.71. The van der Waals surface area contributed by atoms with E-state index in [9.17, 15) is 9.59 Å². The smallest absolute Gasteiger partial charge is 0.313 e. The van der Waals surface area contributed by atoms with Crippen LogP contribution in [-0.2, 0) is 9.53 Å². The molecule has 0 bridgehead atoms. The first-order chi connectivity index (χ1) is 14.1. The first kappa shape index (κ1) is 19.8. The summed E-state index contributed by atoms with van der Waals surface area (Å²) in [7, 11) is 0. The van der Waals surface area contributed by atoms with E-state index in [0.717, 1.165) is 12.8 Å². The molecule has 2 aromatic rings. The van der Waals surface area contributed by atoms with Crippen molar-refractivity contribution in [3.63, 3.8) is 0 Å². The number of ether oxygens (including phenoxy) is 2. The van der Waals surface area contributed by atoms with Crippen LogP contribution in [0.3, 0.4) is 0 Å². The third kappa shape index (κ3) is 3.97. The van der Waals surface area contributed by atoms with Crippen LogP contribution in [-0.4, -0.2) is 31.1 Å². The van der Waals surface area contributed by atoms with Gasteiger partial charge in [-0.15, -0.1) is 0 Å². The minimum Gasteiger partial charge on any atom is -0.493 e. The van der Waals surface area contributed by atoms with Crippen molar-refractivity contribution in [1.29, 1.82) is 0 Å². The van der Waals surface area contributed by atoms with Crippen molar-refractivity contribution < 1.29 is 19.1 Å². The third-order valence-corrected chi connectivity index (χ3v) is 6.09. The highest BCUT2D eigenvalue weighted by molar-refractivity contribution is 6.34. The summed E-state index contributed by atoms with van der Waals surface area (Å²) in [5, 5.41) is 3.43. The predicted octanol–water partition coefficient (Wildman–Crippen LogP) is 4.45. The summed E-state index contributed by atoms with van der Waals surface area (Å²) in [5.41, 5.74) is 2.29. The van der Waals surface area contributed by atoms with Crippen molar-refractivity contribution in [1.82, 2.24) is 5.32 Å². The van der Waals surface area contributed by atoms with Gasteiger partial charge in [0.25, 0.3) is 5.91 Å². The quantitative estimate of drug-likeness (QED) is 0.736. The van der Waals surface area contributed by atoms with Gasteiger partial charge in [0.05, 0.1) is 29.7 Å². The van der Waals surface area contributed by atoms with E-state index in [1.807, 2.05) is 18.2 Å². The Morgan fingerprint density at radius 3 is 2.66 bits per heavy atom. The lowest BCUT2D eigenvalue weighted by Gasteiger charge is -2.37. The summed E-state index contributed by atoms with van der Waals surface area (Å²) in [6.45, 7) is 2.50. The van der Waals surface area contributed by atoms with E-state index in [4.69, 9.17) is 21.1 Å². The van der Waals surface area contributed by atoms with Gasteiger partial charge in [0.15, 0.2) is 0 Å². The van der Waals surface area contributed by atoms with Crippen LogP contribution in [0.5, 0.6) is 5.75 Å². The number of nitrogens with one attached hydrogen (secondary N) is 1. The summed E-state index contributed by atoms with van der Waals surface area (Å²) in [6.07, 6.45) is 2.53. The Hall–Kier alpha value is -2.53. The van der Waals surface area contributed by atoms with Gasteiger partial charge >= 0.3 is 5.97 Å². The molecule has 1 heterocycles. The van der Waals surface area contributed by atoms with Crippen LogP contribution in [0.4, 0.5) is 0 Å². The molecule has 1 N–H and O–H groups in total. The topological polar surface area (TPSA) is 64.6 Å². The largest absolute Gasteiger partial charge is 0.493 e. The van der Waals surface area contributed by atoms with Crippen LogP contribution in [0.25, 0.3) is 0 Å². The Balaban J connectivity index is 1.52. The molecule has 1 aliphatic heterocycles. The normalized spacial score (nSPS) is 22.6. The fourth-order valence-corrected chi connectivity index (χ4v) is 4.35. The van der Waals surface area contributed by atoms with Crippen molar-refractivity contribution in [3.8, 4) is 5.75 Å². The van der Waals surface area contributed by atoms with E-state index < -0.39 is 5.92 Å². The van der Waals surface area contributed by atoms with Crippen LogP contribution in [0.1, 0.15) is 59.5 Å². The van der Waals surface area contributed by atoms with Gasteiger partial charge in [-0.2, -0.15) is 0 Å². The van der Waals surface area contributed by atoms with Crippen LogP contribution in [0.2, 0.25) is 5.02 Å². The lowest BCUT2D eigenvalue weighted by Crippen LogP contribution is -2.45. The van der Waals surface area contributed by atoms with Gasteiger partial charge in [0, 0.05) is 17.5 Å². The Labute approximate surface area is 175 Å². The maximum Gasteiger partial charge on any atom is 0.313 e. The molecule has 1 saturated carbocycles. The Kier molecular flexibility index (Phi) is 5.76. The van der Waals surface area contributed by atoms with Gasteiger partial charge in [-0.25, -0.2) is 0 Å². The highest BCUT2D eigenvalue weighted by Gasteiger charge is 2.35. The van der Waals surface area contributed by atoms with Crippen molar-refractivity contribution in [3.05, 3.63) is 64.2 Å². The van der Waals surface area contributed by atoms with Crippen LogP contribution >= 0.6 is 11.6 Å². The fraction of sp³-hybridized carbons (Fsp3) is 0.391. The number of rotatable bonds is 5. The molecule has 1 amide bonds. The molecule has 3 unspecified atom stereocenters. The number of esters is 1. The Morgan fingerprint density at radius 2 is 1.97 bits per heavy atom. The molecule has 152 valence electrons. The molecule has 4 rings (SSSR count). The maximum atomic E-state index is 12.9. The lowest BCUT2D eigenvalue weighted by atomic mass is 9.75. The van der Waals surface area contributed by atoms with E-state index in [0.29, 0.717) is 47.5 Å². The average molecular weight is 414 g/mol. The molecule has 29 heavy (non-hydrogen) atoms. The predicted molar refractivity (Wildman–Crippen MR) is 111 cm³/mol. The van der Waals surface area contributed by atoms with E-state index in [1.165, 1.54) is 5.56 Å². The molecule has 1 aliphatic carbocycles. The third-order valence-electron chi connectivity index (χ3n) is 5.77. The monoisotopic (exact) mass is 413 g/mol. The van der Waals surface area contributed by atoms with Crippen LogP contribution in [0, 0.1) is 0 Å². The van der Waals surface area contributed by atoms with Gasteiger partial charge in [0.1, 0.15) is 5.75 Å². The van der Waals surface area contributed by atoms with Gasteiger partial charge in [0.2, 0.25) is 0 Å². The number of hydrogen-bond donors (Lipinski definition) is 1. The molecule has 6 heteroatoms. The fourth-order valence-electron chi connectivity index (χ4n) is 4.09. The first-order valence-electron chi connectivity index (χ1n) is 10.1. The SMILES string of the molecule is CCOC(=O)C1CCOc2cc(C(=O)NC3CCC3c3ccccc3)c(Cl)cc21. The van der Waals surface area contributed by atoms with Crippen LogP contribution < -0.4 is 10.1 Å². The van der Waals surface area contributed by atoms with Crippen molar-refractivity contribution in [2.45, 2.75) is 44.1 Å². The highest BCUT2D eigenvalue weighted by atomic mass is 35.5. The number of fused-ring (bicyclic) bond motifs is 1. The molecule has 5 nitrogen and oxygen atoms in total. The molecular weight excluding hydrogens is 390 g/mol. The van der Waals surface area contributed by atoms with Gasteiger partial charge in [-0.1, -0.05) is 41.9 Å². The molecule has 2 aliphatic rings. The second-order valence-electron chi connectivity index (χ2n) is 7.49. The van der Waals surface area contributed by atoms with Crippen molar-refractivity contribution >= 4 is 23.5 Å². The lowest BCUT2D eigenvalue weighted by molar-refractivity contribution is -0.145. The zero-order chi connectivity index (χ0) is 20.4. The molecule has 2 aromatic carbocycles. The Morgan fingerprint density at radius 1 is 1.17 bits per heavy atom. The maximum absolute atomic E-state index is 12.9. The molecular formula is C23H24ClNO4. The number of carbonyl (C=O) groups is 2. The second-order valence-corrected chi connectivity index (χ2v) is 7.89. The summed E-state index contributed by atoms with van der Waals surface area (Å²) in [6, 6.07) is 13.6. The van der Waals surface area contributed by atoms with Gasteiger partial charge in [-0.05, 0) is 43.9 Å². The Bertz CT molecular complexity index is 915. The number of hydrogen-bond acceptors (Lipinski definition) is 4. The summed E-state index contributed by atoms with van der Waals surface area (Å²) in [5.74, 6) is -0.0729. The van der Waals surface area contributed by atoms with E-state index in [2.05, 4.69) is 17.4 Å². The summed E-state index contributed by atoms with van der Waals surface area (Å²) >= 11 is 6.43. The van der Waals surface area contributed by atoms with E-state index in [1.54, 1.807) is 19.1 Å². The van der Waals surface area contributed by atoms with Crippen molar-refractivity contribution in [2.24, 2.45) is 0 Å². The molecule has 3 atom stereocenters. The minimum absolute atomic E-state index is 0.0881. The zero-order valence-electron chi connectivity index (χ0n) is 16.3. The first-order valence-corrected chi connectivity index (χ1v) is 10.4. The van der Waals surface area contributed by atoms with E-state index >= 15 is 0 Å². The van der Waals surface area contributed by atoms with Crippen LogP contribution in [0.15, 0.2) is 42.5 Å². The number of benzene rings is 2.